The number of aromatic nitrogens is 3. The fourth-order valence-corrected chi connectivity index (χ4v) is 3.15. The van der Waals surface area contributed by atoms with Crippen molar-refractivity contribution in [2.24, 2.45) is 12.0 Å². The third-order valence-electron chi connectivity index (χ3n) is 5.02. The van der Waals surface area contributed by atoms with Crippen molar-refractivity contribution in [3.63, 3.8) is 0 Å². The Hall–Kier alpha value is -2.41. The Bertz CT molecular complexity index is 792. The first-order chi connectivity index (χ1) is 13.0. The number of guanidine groups is 1. The lowest BCUT2D eigenvalue weighted by Crippen LogP contribution is -2.41. The van der Waals surface area contributed by atoms with Crippen LogP contribution in [-0.4, -0.2) is 40.0 Å². The first-order valence-corrected chi connectivity index (χ1v) is 9.57. The zero-order valence-electron chi connectivity index (χ0n) is 16.7. The molecule has 1 fully saturated rings. The number of benzene rings is 1. The largest absolute Gasteiger partial charge is 0.376 e. The van der Waals surface area contributed by atoms with E-state index in [9.17, 15) is 0 Å². The van der Waals surface area contributed by atoms with Crippen LogP contribution in [0.1, 0.15) is 41.2 Å². The van der Waals surface area contributed by atoms with E-state index in [0.717, 1.165) is 43.6 Å². The topological polar surface area (TPSA) is 76.4 Å². The zero-order valence-corrected chi connectivity index (χ0v) is 16.7. The van der Waals surface area contributed by atoms with Crippen molar-refractivity contribution in [3.05, 3.63) is 46.5 Å². The normalized spacial score (nSPS) is 17.3. The lowest BCUT2D eigenvalue weighted by Gasteiger charge is -2.16. The summed E-state index contributed by atoms with van der Waals surface area (Å²) in [5, 5.41) is 15.1. The van der Waals surface area contributed by atoms with E-state index < -0.39 is 0 Å². The summed E-state index contributed by atoms with van der Waals surface area (Å²) in [6, 6.07) is 6.48. The van der Waals surface area contributed by atoms with E-state index in [1.165, 1.54) is 16.7 Å². The Morgan fingerprint density at radius 2 is 2.11 bits per heavy atom. The zero-order chi connectivity index (χ0) is 19.2. The van der Waals surface area contributed by atoms with Crippen molar-refractivity contribution in [2.75, 3.05) is 13.2 Å². The molecule has 1 aliphatic heterocycles. The summed E-state index contributed by atoms with van der Waals surface area (Å²) in [6.07, 6.45) is 2.49. The third-order valence-corrected chi connectivity index (χ3v) is 5.02. The first-order valence-electron chi connectivity index (χ1n) is 9.57. The molecule has 0 aliphatic carbocycles. The number of aliphatic imine (C=N–C) groups is 1. The molecule has 0 amide bonds. The Labute approximate surface area is 161 Å². The molecule has 0 bridgehead atoms. The molecule has 0 radical (unpaired) electrons. The maximum atomic E-state index is 5.71. The number of ether oxygens (including phenoxy) is 1. The highest BCUT2D eigenvalue weighted by Crippen LogP contribution is 2.12. The minimum Gasteiger partial charge on any atom is -0.376 e. The van der Waals surface area contributed by atoms with E-state index in [1.807, 2.05) is 18.5 Å². The van der Waals surface area contributed by atoms with Crippen molar-refractivity contribution < 1.29 is 4.74 Å². The molecule has 1 unspecified atom stereocenters. The third kappa shape index (κ3) is 5.29. The van der Waals surface area contributed by atoms with Gasteiger partial charge in [-0.15, -0.1) is 10.2 Å². The molecule has 0 saturated carbocycles. The Balaban J connectivity index is 1.66. The van der Waals surface area contributed by atoms with Crippen LogP contribution in [0.5, 0.6) is 0 Å². The number of aryl methyl sites for hydroxylation is 3. The predicted molar refractivity (Wildman–Crippen MR) is 107 cm³/mol. The fraction of sp³-hybridized carbons (Fsp3) is 0.550. The Kier molecular flexibility index (Phi) is 6.45. The average molecular weight is 371 g/mol. The average Bonchev–Trinajstić information content (AvgIpc) is 3.27. The highest BCUT2D eigenvalue weighted by Gasteiger charge is 2.16. The minimum absolute atomic E-state index is 0.259. The van der Waals surface area contributed by atoms with Gasteiger partial charge in [0.15, 0.2) is 11.8 Å². The van der Waals surface area contributed by atoms with Crippen molar-refractivity contribution in [1.29, 1.82) is 0 Å². The quantitative estimate of drug-likeness (QED) is 0.602. The van der Waals surface area contributed by atoms with Gasteiger partial charge in [-0.3, -0.25) is 0 Å². The van der Waals surface area contributed by atoms with Gasteiger partial charge in [-0.05, 0) is 44.7 Å². The Morgan fingerprint density at radius 1 is 1.26 bits per heavy atom. The van der Waals surface area contributed by atoms with Crippen LogP contribution < -0.4 is 10.6 Å². The summed E-state index contributed by atoms with van der Waals surface area (Å²) >= 11 is 0. The van der Waals surface area contributed by atoms with Crippen LogP contribution >= 0.6 is 0 Å². The van der Waals surface area contributed by atoms with Gasteiger partial charge in [0.2, 0.25) is 0 Å². The lowest BCUT2D eigenvalue weighted by molar-refractivity contribution is 0.113. The number of rotatable bonds is 6. The van der Waals surface area contributed by atoms with Gasteiger partial charge in [0, 0.05) is 20.2 Å². The second kappa shape index (κ2) is 8.99. The van der Waals surface area contributed by atoms with E-state index >= 15 is 0 Å². The van der Waals surface area contributed by atoms with Crippen molar-refractivity contribution in [2.45, 2.75) is 52.8 Å². The smallest absolute Gasteiger partial charge is 0.192 e. The second-order valence-corrected chi connectivity index (χ2v) is 7.19. The van der Waals surface area contributed by atoms with E-state index in [0.29, 0.717) is 13.1 Å². The molecule has 146 valence electrons. The molecule has 1 atom stereocenters. The van der Waals surface area contributed by atoms with Crippen LogP contribution in [0.3, 0.4) is 0 Å². The van der Waals surface area contributed by atoms with Crippen LogP contribution in [0.4, 0.5) is 0 Å². The van der Waals surface area contributed by atoms with Gasteiger partial charge < -0.3 is 19.9 Å². The number of hydrogen-bond acceptors (Lipinski definition) is 4. The number of nitrogens with zero attached hydrogens (tertiary/aromatic N) is 4. The van der Waals surface area contributed by atoms with Crippen molar-refractivity contribution >= 4 is 5.96 Å². The summed E-state index contributed by atoms with van der Waals surface area (Å²) in [5.41, 5.74) is 3.77. The van der Waals surface area contributed by atoms with E-state index in [-0.39, 0.29) is 6.10 Å². The van der Waals surface area contributed by atoms with Crippen molar-refractivity contribution in [3.8, 4) is 0 Å². The van der Waals surface area contributed by atoms with Gasteiger partial charge in [-0.1, -0.05) is 23.8 Å². The summed E-state index contributed by atoms with van der Waals surface area (Å²) in [6.45, 7) is 9.00. The van der Waals surface area contributed by atoms with Crippen LogP contribution in [0.15, 0.2) is 23.2 Å². The van der Waals surface area contributed by atoms with Crippen molar-refractivity contribution in [1.82, 2.24) is 25.4 Å². The van der Waals surface area contributed by atoms with Gasteiger partial charge in [0.25, 0.3) is 0 Å². The van der Waals surface area contributed by atoms with Gasteiger partial charge in [-0.25, -0.2) is 4.99 Å². The highest BCUT2D eigenvalue weighted by atomic mass is 16.5. The van der Waals surface area contributed by atoms with Gasteiger partial charge in [0.1, 0.15) is 5.82 Å². The molecule has 7 heteroatoms. The van der Waals surface area contributed by atoms with Gasteiger partial charge >= 0.3 is 0 Å². The summed E-state index contributed by atoms with van der Waals surface area (Å²) in [5.74, 6) is 2.55. The van der Waals surface area contributed by atoms with Gasteiger partial charge in [0.05, 0.1) is 19.2 Å². The second-order valence-electron chi connectivity index (χ2n) is 7.19. The predicted octanol–water partition coefficient (Wildman–Crippen LogP) is 2.15. The molecule has 2 N–H and O–H groups in total. The molecule has 1 aliphatic rings. The fourth-order valence-electron chi connectivity index (χ4n) is 3.15. The molecular weight excluding hydrogens is 340 g/mol. The first kappa shape index (κ1) is 19.4. The number of hydrogen-bond donors (Lipinski definition) is 2. The summed E-state index contributed by atoms with van der Waals surface area (Å²) < 4.78 is 7.69. The molecule has 1 aromatic carbocycles. The van der Waals surface area contributed by atoms with E-state index in [2.05, 4.69) is 52.9 Å². The summed E-state index contributed by atoms with van der Waals surface area (Å²) in [7, 11) is 1.97. The molecule has 27 heavy (non-hydrogen) atoms. The maximum absolute atomic E-state index is 5.71. The Morgan fingerprint density at radius 3 is 2.78 bits per heavy atom. The molecule has 7 nitrogen and oxygen atoms in total. The van der Waals surface area contributed by atoms with E-state index in [4.69, 9.17) is 9.73 Å². The van der Waals surface area contributed by atoms with Crippen LogP contribution in [0, 0.1) is 20.8 Å². The molecule has 2 heterocycles. The van der Waals surface area contributed by atoms with Crippen LogP contribution in [0.2, 0.25) is 0 Å². The van der Waals surface area contributed by atoms with Crippen LogP contribution in [-0.2, 0) is 24.9 Å². The molecule has 1 saturated heterocycles. The maximum Gasteiger partial charge on any atom is 0.192 e. The summed E-state index contributed by atoms with van der Waals surface area (Å²) in [4.78, 5) is 4.78. The molecule has 3 rings (SSSR count). The molecule has 1 aromatic heterocycles. The van der Waals surface area contributed by atoms with E-state index in [1.54, 1.807) is 0 Å². The van der Waals surface area contributed by atoms with Gasteiger partial charge in [-0.2, -0.15) is 0 Å². The highest BCUT2D eigenvalue weighted by molar-refractivity contribution is 5.79. The lowest BCUT2D eigenvalue weighted by atomic mass is 10.1. The standard InChI is InChI=1S/C20H30N6O/c1-14-7-8-17(15(2)10-14)11-21-20(22-12-18-6-5-9-27-18)23-13-19-25-24-16(3)26(19)4/h7-8,10,18H,5-6,9,11-13H2,1-4H3,(H2,21,22,23). The molecular formula is C20H30N6O. The monoisotopic (exact) mass is 370 g/mol. The van der Waals surface area contributed by atoms with Crippen LogP contribution in [0.25, 0.3) is 0 Å². The molecule has 2 aromatic rings. The SMILES string of the molecule is Cc1ccc(CN=C(NCc2nnc(C)n2C)NCC2CCCO2)c(C)c1. The molecule has 0 spiro atoms. The number of nitrogens with one attached hydrogen (secondary N) is 2. The minimum atomic E-state index is 0.259.